The Morgan fingerprint density at radius 1 is 1.21 bits per heavy atom. The third kappa shape index (κ3) is 2.72. The van der Waals surface area contributed by atoms with Crippen LogP contribution in [0.5, 0.6) is 11.5 Å². The molecular weight excluding hydrogens is 260 g/mol. The van der Waals surface area contributed by atoms with E-state index in [1.165, 1.54) is 10.4 Å². The monoisotopic (exact) mass is 276 g/mol. The van der Waals surface area contributed by atoms with Gasteiger partial charge in [-0.25, -0.2) is 4.98 Å². The van der Waals surface area contributed by atoms with Gasteiger partial charge in [0.2, 0.25) is 6.79 Å². The van der Waals surface area contributed by atoms with Crippen molar-refractivity contribution in [1.29, 1.82) is 0 Å². The zero-order valence-corrected chi connectivity index (χ0v) is 11.8. The van der Waals surface area contributed by atoms with Gasteiger partial charge in [0.15, 0.2) is 11.5 Å². The first-order chi connectivity index (χ1) is 9.22. The van der Waals surface area contributed by atoms with Crippen molar-refractivity contribution in [1.82, 2.24) is 10.3 Å². The lowest BCUT2D eigenvalue weighted by molar-refractivity contribution is 0.174. The van der Waals surface area contributed by atoms with Crippen molar-refractivity contribution in [3.05, 3.63) is 39.3 Å². The second-order valence-corrected chi connectivity index (χ2v) is 5.83. The molecule has 0 amide bonds. The molecule has 0 saturated heterocycles. The van der Waals surface area contributed by atoms with Gasteiger partial charge in [-0.1, -0.05) is 6.07 Å². The molecule has 1 aliphatic rings. The largest absolute Gasteiger partial charge is 0.454 e. The highest BCUT2D eigenvalue weighted by atomic mass is 32.1. The van der Waals surface area contributed by atoms with Crippen molar-refractivity contribution >= 4 is 11.3 Å². The third-order valence-corrected chi connectivity index (χ3v) is 4.19. The molecule has 19 heavy (non-hydrogen) atoms. The van der Waals surface area contributed by atoms with Gasteiger partial charge in [0.1, 0.15) is 5.01 Å². The van der Waals surface area contributed by atoms with Crippen LogP contribution >= 0.6 is 11.3 Å². The topological polar surface area (TPSA) is 43.4 Å². The van der Waals surface area contributed by atoms with E-state index in [-0.39, 0.29) is 0 Å². The summed E-state index contributed by atoms with van der Waals surface area (Å²) in [5, 5.41) is 4.54. The summed E-state index contributed by atoms with van der Waals surface area (Å²) in [6.45, 7) is 6.08. The maximum Gasteiger partial charge on any atom is 0.231 e. The first-order valence-electron chi connectivity index (χ1n) is 6.24. The van der Waals surface area contributed by atoms with Gasteiger partial charge in [-0.3, -0.25) is 0 Å². The molecule has 1 aromatic heterocycles. The summed E-state index contributed by atoms with van der Waals surface area (Å²) in [7, 11) is 0. The minimum atomic E-state index is 0.323. The maximum absolute atomic E-state index is 5.36. The highest BCUT2D eigenvalue weighted by molar-refractivity contribution is 7.11. The second-order valence-electron chi connectivity index (χ2n) is 4.54. The number of fused-ring (bicyclic) bond motifs is 1. The average Bonchev–Trinajstić information content (AvgIpc) is 2.96. The second kappa shape index (κ2) is 5.19. The van der Waals surface area contributed by atoms with Crippen LogP contribution in [0, 0.1) is 13.8 Å². The molecule has 0 aliphatic carbocycles. The molecule has 0 fully saturated rings. The zero-order chi connectivity index (χ0) is 13.2. The number of rotatable bonds is 4. The molecule has 2 aromatic rings. The molecular formula is C14H16N2O2S. The molecule has 1 N–H and O–H groups in total. The smallest absolute Gasteiger partial charge is 0.231 e. The fraction of sp³-hybridized carbons (Fsp3) is 0.357. The number of aromatic nitrogens is 1. The highest BCUT2D eigenvalue weighted by Gasteiger charge is 2.12. The number of nitrogens with one attached hydrogen (secondary N) is 1. The quantitative estimate of drug-likeness (QED) is 0.932. The van der Waals surface area contributed by atoms with Crippen LogP contribution in [-0.2, 0) is 13.1 Å². The minimum absolute atomic E-state index is 0.323. The normalized spacial score (nSPS) is 12.9. The molecule has 100 valence electrons. The summed E-state index contributed by atoms with van der Waals surface area (Å²) in [6.07, 6.45) is 0. The van der Waals surface area contributed by atoms with Crippen molar-refractivity contribution in [2.45, 2.75) is 26.9 Å². The number of thiazole rings is 1. The SMILES string of the molecule is Cc1nc(CNCc2ccc3c(c2)OCO3)sc1C. The van der Waals surface area contributed by atoms with Crippen molar-refractivity contribution in [2.24, 2.45) is 0 Å². The van der Waals surface area contributed by atoms with Crippen LogP contribution in [0.4, 0.5) is 0 Å². The van der Waals surface area contributed by atoms with Crippen LogP contribution in [0.3, 0.4) is 0 Å². The lowest BCUT2D eigenvalue weighted by Crippen LogP contribution is -2.12. The predicted octanol–water partition coefficient (Wildman–Crippen LogP) is 2.78. The van der Waals surface area contributed by atoms with Crippen LogP contribution < -0.4 is 14.8 Å². The number of benzene rings is 1. The third-order valence-electron chi connectivity index (χ3n) is 3.12. The Hall–Kier alpha value is -1.59. The molecule has 0 spiro atoms. The Kier molecular flexibility index (Phi) is 3.40. The van der Waals surface area contributed by atoms with Gasteiger partial charge in [-0.2, -0.15) is 0 Å². The molecule has 0 unspecified atom stereocenters. The molecule has 5 heteroatoms. The van der Waals surface area contributed by atoms with E-state index < -0.39 is 0 Å². The van der Waals surface area contributed by atoms with Gasteiger partial charge in [0.05, 0.1) is 5.69 Å². The molecule has 0 radical (unpaired) electrons. The lowest BCUT2D eigenvalue weighted by Gasteiger charge is -2.04. The number of hydrogen-bond donors (Lipinski definition) is 1. The van der Waals surface area contributed by atoms with Gasteiger partial charge in [0.25, 0.3) is 0 Å². The van der Waals surface area contributed by atoms with Crippen LogP contribution in [-0.4, -0.2) is 11.8 Å². The Morgan fingerprint density at radius 2 is 2.05 bits per heavy atom. The lowest BCUT2D eigenvalue weighted by atomic mass is 10.2. The highest BCUT2D eigenvalue weighted by Crippen LogP contribution is 2.32. The van der Waals surface area contributed by atoms with Crippen LogP contribution in [0.25, 0.3) is 0 Å². The van der Waals surface area contributed by atoms with E-state index in [0.717, 1.165) is 35.3 Å². The van der Waals surface area contributed by atoms with Crippen LogP contribution in [0.2, 0.25) is 0 Å². The van der Waals surface area contributed by atoms with Crippen molar-refractivity contribution in [3.8, 4) is 11.5 Å². The van der Waals surface area contributed by atoms with Gasteiger partial charge >= 0.3 is 0 Å². The first kappa shape index (κ1) is 12.4. The summed E-state index contributed by atoms with van der Waals surface area (Å²) < 4.78 is 10.7. The molecule has 1 aromatic carbocycles. The molecule has 4 nitrogen and oxygen atoms in total. The van der Waals surface area contributed by atoms with E-state index in [0.29, 0.717) is 6.79 Å². The van der Waals surface area contributed by atoms with E-state index in [9.17, 15) is 0 Å². The molecule has 0 bridgehead atoms. The van der Waals surface area contributed by atoms with E-state index in [4.69, 9.17) is 9.47 Å². The summed E-state index contributed by atoms with van der Waals surface area (Å²) >= 11 is 1.75. The van der Waals surface area contributed by atoms with Gasteiger partial charge in [-0.15, -0.1) is 11.3 Å². The summed E-state index contributed by atoms with van der Waals surface area (Å²) in [5.74, 6) is 1.66. The van der Waals surface area contributed by atoms with Gasteiger partial charge in [0, 0.05) is 18.0 Å². The van der Waals surface area contributed by atoms with E-state index in [1.807, 2.05) is 19.1 Å². The van der Waals surface area contributed by atoms with Crippen LogP contribution in [0.1, 0.15) is 21.1 Å². The fourth-order valence-corrected chi connectivity index (χ4v) is 2.88. The van der Waals surface area contributed by atoms with Crippen molar-refractivity contribution in [3.63, 3.8) is 0 Å². The van der Waals surface area contributed by atoms with Crippen molar-refractivity contribution < 1.29 is 9.47 Å². The van der Waals surface area contributed by atoms with E-state index >= 15 is 0 Å². The standard InChI is InChI=1S/C14H16N2O2S/c1-9-10(2)19-14(16-9)7-15-6-11-3-4-12-13(5-11)18-8-17-12/h3-5,15H,6-8H2,1-2H3. The summed E-state index contributed by atoms with van der Waals surface area (Å²) in [5.41, 5.74) is 2.32. The van der Waals surface area contributed by atoms with Gasteiger partial charge in [-0.05, 0) is 31.5 Å². The molecule has 3 rings (SSSR count). The number of ether oxygens (including phenoxy) is 2. The molecule has 1 aliphatic heterocycles. The van der Waals surface area contributed by atoms with E-state index in [2.05, 4.69) is 23.3 Å². The summed E-state index contributed by atoms with van der Waals surface area (Å²) in [4.78, 5) is 5.80. The predicted molar refractivity (Wildman–Crippen MR) is 74.7 cm³/mol. The maximum atomic E-state index is 5.36. The Balaban J connectivity index is 1.57. The number of hydrogen-bond acceptors (Lipinski definition) is 5. The van der Waals surface area contributed by atoms with Gasteiger partial charge < -0.3 is 14.8 Å². The summed E-state index contributed by atoms with van der Waals surface area (Å²) in [6, 6.07) is 6.03. The number of aryl methyl sites for hydroxylation is 2. The fourth-order valence-electron chi connectivity index (χ4n) is 1.98. The van der Waals surface area contributed by atoms with Crippen molar-refractivity contribution in [2.75, 3.05) is 6.79 Å². The van der Waals surface area contributed by atoms with Crippen LogP contribution in [0.15, 0.2) is 18.2 Å². The minimum Gasteiger partial charge on any atom is -0.454 e. The first-order valence-corrected chi connectivity index (χ1v) is 7.06. The molecule has 0 atom stereocenters. The number of nitrogens with zero attached hydrogens (tertiary/aromatic N) is 1. The Labute approximate surface area is 116 Å². The molecule has 0 saturated carbocycles. The Morgan fingerprint density at radius 3 is 2.84 bits per heavy atom. The molecule has 2 heterocycles. The van der Waals surface area contributed by atoms with E-state index in [1.54, 1.807) is 11.3 Å². The average molecular weight is 276 g/mol. The zero-order valence-electron chi connectivity index (χ0n) is 11.0. The Bertz CT molecular complexity index is 576.